The van der Waals surface area contributed by atoms with Crippen molar-refractivity contribution < 1.29 is 0 Å². The van der Waals surface area contributed by atoms with Gasteiger partial charge in [-0.1, -0.05) is 84.1 Å². The van der Waals surface area contributed by atoms with Crippen molar-refractivity contribution >= 4 is 23.1 Å². The van der Waals surface area contributed by atoms with E-state index < -0.39 is 0 Å². The first-order valence-corrected chi connectivity index (χ1v) is 14.7. The highest BCUT2D eigenvalue weighted by atomic mass is 32.1. The van der Waals surface area contributed by atoms with E-state index in [9.17, 15) is 4.79 Å². The van der Waals surface area contributed by atoms with Crippen LogP contribution in [0.4, 0.5) is 0 Å². The molecule has 1 aliphatic heterocycles. The zero-order valence-electron chi connectivity index (χ0n) is 23.2. The van der Waals surface area contributed by atoms with Gasteiger partial charge in [0.1, 0.15) is 0 Å². The second-order valence-electron chi connectivity index (χ2n) is 10.9. The van der Waals surface area contributed by atoms with E-state index in [1.54, 1.807) is 0 Å². The number of allylic oxidation sites excluding steroid dienone is 1. The van der Waals surface area contributed by atoms with Crippen LogP contribution in [0, 0.1) is 27.7 Å². The maximum Gasteiger partial charge on any atom is 0.271 e. The van der Waals surface area contributed by atoms with E-state index in [-0.39, 0.29) is 11.6 Å². The van der Waals surface area contributed by atoms with E-state index in [1.165, 1.54) is 44.9 Å². The lowest BCUT2D eigenvalue weighted by molar-refractivity contribution is 0.585. The van der Waals surface area contributed by atoms with Crippen LogP contribution in [-0.4, -0.2) is 9.13 Å². The Morgan fingerprint density at radius 2 is 1.60 bits per heavy atom. The second-order valence-corrected chi connectivity index (χ2v) is 11.9. The number of thiazole rings is 1. The summed E-state index contributed by atoms with van der Waals surface area (Å²) < 4.78 is 4.97. The highest BCUT2D eigenvalue weighted by Crippen LogP contribution is 2.41. The third kappa shape index (κ3) is 3.80. The summed E-state index contributed by atoms with van der Waals surface area (Å²) in [6.45, 7) is 8.59. The van der Waals surface area contributed by atoms with Gasteiger partial charge >= 0.3 is 0 Å². The molecule has 0 saturated heterocycles. The minimum Gasteiger partial charge on any atom is -0.317 e. The molecule has 2 aliphatic rings. The molecular formula is C35H31N3OS. The number of aryl methyl sites for hydroxylation is 4. The van der Waals surface area contributed by atoms with Crippen molar-refractivity contribution in [1.29, 1.82) is 0 Å². The SMILES string of the molecule is Cc1cccc(C)c1-n1c(C)cc(/C=c2/sc3n(c2=O)[C@@H](c2ccccc2)C2=C(N=3)c3ccccc3CC2)c1C. The fourth-order valence-electron chi connectivity index (χ4n) is 6.54. The molecule has 3 aromatic carbocycles. The van der Waals surface area contributed by atoms with Crippen LogP contribution in [0.1, 0.15) is 57.2 Å². The van der Waals surface area contributed by atoms with Crippen molar-refractivity contribution in [3.63, 3.8) is 0 Å². The fraction of sp³-hybridized carbons (Fsp3) is 0.200. The van der Waals surface area contributed by atoms with Gasteiger partial charge in [-0.05, 0) is 86.1 Å². The summed E-state index contributed by atoms with van der Waals surface area (Å²) in [6.07, 6.45) is 3.92. The molecule has 1 atom stereocenters. The van der Waals surface area contributed by atoms with Gasteiger partial charge < -0.3 is 4.57 Å². The highest BCUT2D eigenvalue weighted by molar-refractivity contribution is 7.07. The lowest BCUT2D eigenvalue weighted by Crippen LogP contribution is -2.38. The summed E-state index contributed by atoms with van der Waals surface area (Å²) in [7, 11) is 0. The number of hydrogen-bond acceptors (Lipinski definition) is 3. The number of rotatable bonds is 3. The third-order valence-electron chi connectivity index (χ3n) is 8.41. The van der Waals surface area contributed by atoms with Crippen LogP contribution in [0.5, 0.6) is 0 Å². The molecule has 1 aliphatic carbocycles. The molecule has 5 heteroatoms. The molecule has 0 bridgehead atoms. The zero-order valence-corrected chi connectivity index (χ0v) is 24.0. The zero-order chi connectivity index (χ0) is 27.5. The number of hydrogen-bond donors (Lipinski definition) is 0. The van der Waals surface area contributed by atoms with E-state index in [2.05, 4.69) is 111 Å². The van der Waals surface area contributed by atoms with Crippen LogP contribution in [0.2, 0.25) is 0 Å². The summed E-state index contributed by atoms with van der Waals surface area (Å²) in [5.41, 5.74) is 13.0. The van der Waals surface area contributed by atoms with Crippen LogP contribution in [0.3, 0.4) is 0 Å². The van der Waals surface area contributed by atoms with E-state index >= 15 is 0 Å². The first-order chi connectivity index (χ1) is 19.4. The minimum atomic E-state index is -0.148. The molecule has 0 spiro atoms. The highest BCUT2D eigenvalue weighted by Gasteiger charge is 2.32. The molecular weight excluding hydrogens is 510 g/mol. The smallest absolute Gasteiger partial charge is 0.271 e. The topological polar surface area (TPSA) is 39.3 Å². The normalized spacial score (nSPS) is 16.4. The Labute approximate surface area is 237 Å². The lowest BCUT2D eigenvalue weighted by atomic mass is 9.83. The van der Waals surface area contributed by atoms with Gasteiger partial charge in [-0.2, -0.15) is 0 Å². The van der Waals surface area contributed by atoms with Gasteiger partial charge in [0.2, 0.25) is 0 Å². The number of fused-ring (bicyclic) bond motifs is 3. The Morgan fingerprint density at radius 3 is 2.38 bits per heavy atom. The maximum absolute atomic E-state index is 14.2. The predicted molar refractivity (Wildman–Crippen MR) is 164 cm³/mol. The Kier molecular flexibility index (Phi) is 5.86. The van der Waals surface area contributed by atoms with E-state index in [0.717, 1.165) is 50.4 Å². The van der Waals surface area contributed by atoms with Crippen LogP contribution in [0.15, 0.2) is 94.2 Å². The van der Waals surface area contributed by atoms with Gasteiger partial charge in [0.15, 0.2) is 4.80 Å². The van der Waals surface area contributed by atoms with Gasteiger partial charge in [0.05, 0.1) is 22.0 Å². The van der Waals surface area contributed by atoms with Gasteiger partial charge in [-0.3, -0.25) is 9.36 Å². The maximum atomic E-state index is 14.2. The Balaban J connectivity index is 1.45. The third-order valence-corrected chi connectivity index (χ3v) is 9.39. The van der Waals surface area contributed by atoms with Crippen LogP contribution in [-0.2, 0) is 6.42 Å². The molecule has 0 amide bonds. The predicted octanol–water partition coefficient (Wildman–Crippen LogP) is 6.34. The summed E-state index contributed by atoms with van der Waals surface area (Å²) in [5, 5.41) is 0. The average molecular weight is 542 g/mol. The largest absolute Gasteiger partial charge is 0.317 e. The van der Waals surface area contributed by atoms with Crippen molar-refractivity contribution in [3.05, 3.63) is 149 Å². The van der Waals surface area contributed by atoms with Crippen LogP contribution in [0.25, 0.3) is 17.5 Å². The summed E-state index contributed by atoms with van der Waals surface area (Å²) in [5.74, 6) is 0. The molecule has 198 valence electrons. The lowest BCUT2D eigenvalue weighted by Gasteiger charge is -2.30. The van der Waals surface area contributed by atoms with Crippen LogP contribution < -0.4 is 14.9 Å². The van der Waals surface area contributed by atoms with E-state index in [1.807, 2.05) is 10.6 Å². The number of para-hydroxylation sites is 1. The minimum absolute atomic E-state index is 0.0277. The molecule has 0 unspecified atom stereocenters. The molecule has 0 radical (unpaired) electrons. The number of nitrogens with zero attached hydrogens (tertiary/aromatic N) is 3. The molecule has 5 aromatic rings. The Bertz CT molecular complexity index is 2000. The second kappa shape index (κ2) is 9.46. The monoisotopic (exact) mass is 541 g/mol. The summed E-state index contributed by atoms with van der Waals surface area (Å²) >= 11 is 1.50. The number of benzene rings is 3. The first-order valence-electron chi connectivity index (χ1n) is 13.9. The molecule has 0 fully saturated rings. The molecule has 3 heterocycles. The summed E-state index contributed by atoms with van der Waals surface area (Å²) in [4.78, 5) is 20.1. The molecule has 2 aromatic heterocycles. The average Bonchev–Trinajstić information content (AvgIpc) is 3.42. The van der Waals surface area contributed by atoms with Crippen molar-refractivity contribution in [2.75, 3.05) is 0 Å². The Hall–Kier alpha value is -4.22. The molecule has 40 heavy (non-hydrogen) atoms. The van der Waals surface area contributed by atoms with Gasteiger partial charge in [0, 0.05) is 17.0 Å². The standard InChI is InChI=1S/C35H31N3OS/c1-21-11-10-12-22(2)32(21)37-23(3)19-27(24(37)4)20-30-34(39)38-33(26-14-6-5-7-15-26)29-18-17-25-13-8-9-16-28(25)31(29)36-35(38)40-30/h5-16,19-20,33H,17-18H2,1-4H3/b30-20+/t33-/m0/s1. The quantitative estimate of drug-likeness (QED) is 0.263. The van der Waals surface area contributed by atoms with E-state index in [0.29, 0.717) is 0 Å². The van der Waals surface area contributed by atoms with Crippen LogP contribution >= 0.6 is 11.3 Å². The van der Waals surface area contributed by atoms with Crippen molar-refractivity contribution in [3.8, 4) is 5.69 Å². The molecule has 7 rings (SSSR count). The first kappa shape index (κ1) is 24.8. The van der Waals surface area contributed by atoms with Crippen molar-refractivity contribution in [1.82, 2.24) is 9.13 Å². The van der Waals surface area contributed by atoms with Gasteiger partial charge in [-0.15, -0.1) is 0 Å². The fourth-order valence-corrected chi connectivity index (χ4v) is 7.53. The van der Waals surface area contributed by atoms with Crippen molar-refractivity contribution in [2.45, 2.75) is 46.6 Å². The summed E-state index contributed by atoms with van der Waals surface area (Å²) in [6, 6.07) is 27.4. The Morgan fingerprint density at radius 1 is 0.875 bits per heavy atom. The van der Waals surface area contributed by atoms with Gasteiger partial charge in [-0.25, -0.2) is 4.99 Å². The van der Waals surface area contributed by atoms with E-state index in [4.69, 9.17) is 4.99 Å². The van der Waals surface area contributed by atoms with Gasteiger partial charge in [0.25, 0.3) is 5.56 Å². The van der Waals surface area contributed by atoms with Crippen molar-refractivity contribution in [2.24, 2.45) is 4.99 Å². The number of aromatic nitrogens is 2. The molecule has 4 nitrogen and oxygen atoms in total. The molecule has 0 saturated carbocycles. The molecule has 0 N–H and O–H groups in total.